The minimum atomic E-state index is 0.425. The van der Waals surface area contributed by atoms with Crippen molar-refractivity contribution in [2.45, 2.75) is 18.9 Å². The van der Waals surface area contributed by atoms with Gasteiger partial charge in [-0.1, -0.05) is 48.5 Å². The average molecular weight is 253 g/mol. The highest BCUT2D eigenvalue weighted by Crippen LogP contribution is 2.31. The van der Waals surface area contributed by atoms with E-state index in [9.17, 15) is 0 Å². The fourth-order valence-electron chi connectivity index (χ4n) is 2.59. The minimum absolute atomic E-state index is 0.425. The summed E-state index contributed by atoms with van der Waals surface area (Å²) in [5.41, 5.74) is 2.68. The summed E-state index contributed by atoms with van der Waals surface area (Å²) < 4.78 is 5.68. The van der Waals surface area contributed by atoms with Crippen molar-refractivity contribution >= 4 is 0 Å². The van der Waals surface area contributed by atoms with Gasteiger partial charge in [0.25, 0.3) is 0 Å². The summed E-state index contributed by atoms with van der Waals surface area (Å²) in [5, 5.41) is 3.65. The van der Waals surface area contributed by atoms with E-state index in [1.807, 2.05) is 6.07 Å². The number of hydrogen-bond acceptors (Lipinski definition) is 2. The number of nitrogens with one attached hydrogen (secondary N) is 1. The average Bonchev–Trinajstić information content (AvgIpc) is 2.49. The van der Waals surface area contributed by atoms with Crippen LogP contribution in [-0.2, 0) is 6.42 Å². The Labute approximate surface area is 114 Å². The van der Waals surface area contributed by atoms with Crippen LogP contribution in [0.1, 0.15) is 23.6 Å². The van der Waals surface area contributed by atoms with Crippen LogP contribution in [0.2, 0.25) is 0 Å². The first-order valence-corrected chi connectivity index (χ1v) is 6.92. The Bertz CT molecular complexity index is 524. The predicted molar refractivity (Wildman–Crippen MR) is 77.4 cm³/mol. The fourth-order valence-corrected chi connectivity index (χ4v) is 2.59. The van der Waals surface area contributed by atoms with Gasteiger partial charge in [0.1, 0.15) is 5.75 Å². The van der Waals surface area contributed by atoms with Gasteiger partial charge in [0, 0.05) is 18.0 Å². The Kier molecular flexibility index (Phi) is 3.80. The van der Waals surface area contributed by atoms with Crippen LogP contribution in [0.25, 0.3) is 0 Å². The molecule has 1 N–H and O–H groups in total. The molecule has 0 radical (unpaired) electrons. The molecule has 1 heterocycles. The zero-order chi connectivity index (χ0) is 12.9. The number of benzene rings is 2. The SMILES string of the molecule is c1ccc(CCNC2CCOc3ccccc32)cc1. The van der Waals surface area contributed by atoms with Crippen molar-refractivity contribution in [1.82, 2.24) is 5.32 Å². The summed E-state index contributed by atoms with van der Waals surface area (Å²) in [5.74, 6) is 1.03. The van der Waals surface area contributed by atoms with E-state index in [0.29, 0.717) is 6.04 Å². The molecule has 2 aromatic carbocycles. The van der Waals surface area contributed by atoms with Crippen LogP contribution in [-0.4, -0.2) is 13.2 Å². The predicted octanol–water partition coefficient (Wildman–Crippen LogP) is 3.34. The maximum absolute atomic E-state index is 5.68. The Morgan fingerprint density at radius 3 is 2.68 bits per heavy atom. The van der Waals surface area contributed by atoms with E-state index in [1.165, 1.54) is 11.1 Å². The van der Waals surface area contributed by atoms with Crippen molar-refractivity contribution in [1.29, 1.82) is 0 Å². The van der Waals surface area contributed by atoms with Crippen LogP contribution >= 0.6 is 0 Å². The van der Waals surface area contributed by atoms with E-state index in [2.05, 4.69) is 53.8 Å². The van der Waals surface area contributed by atoms with E-state index >= 15 is 0 Å². The maximum atomic E-state index is 5.68. The van der Waals surface area contributed by atoms with Gasteiger partial charge in [-0.05, 0) is 24.6 Å². The summed E-state index contributed by atoms with van der Waals surface area (Å²) in [7, 11) is 0. The molecule has 3 rings (SSSR count). The van der Waals surface area contributed by atoms with Gasteiger partial charge in [0.15, 0.2) is 0 Å². The van der Waals surface area contributed by atoms with Crippen LogP contribution in [0.15, 0.2) is 54.6 Å². The standard InChI is InChI=1S/C17H19NO/c1-2-6-14(7-3-1)10-12-18-16-11-13-19-17-9-5-4-8-15(16)17/h1-9,16,18H,10-13H2. The molecule has 2 heteroatoms. The molecule has 1 aliphatic heterocycles. The molecule has 0 aliphatic carbocycles. The summed E-state index contributed by atoms with van der Waals surface area (Å²) in [4.78, 5) is 0. The molecule has 0 bridgehead atoms. The highest BCUT2D eigenvalue weighted by atomic mass is 16.5. The molecule has 0 fully saturated rings. The van der Waals surface area contributed by atoms with Crippen LogP contribution in [0.3, 0.4) is 0 Å². The van der Waals surface area contributed by atoms with E-state index in [0.717, 1.165) is 31.7 Å². The fraction of sp³-hybridized carbons (Fsp3) is 0.294. The van der Waals surface area contributed by atoms with Crippen LogP contribution in [0.4, 0.5) is 0 Å². The van der Waals surface area contributed by atoms with Crippen molar-refractivity contribution in [2.24, 2.45) is 0 Å². The van der Waals surface area contributed by atoms with E-state index in [1.54, 1.807) is 0 Å². The molecule has 0 aromatic heterocycles. The Balaban J connectivity index is 1.59. The second-order valence-electron chi connectivity index (χ2n) is 4.92. The molecular formula is C17H19NO. The third-order valence-corrected chi connectivity index (χ3v) is 3.61. The summed E-state index contributed by atoms with van der Waals surface area (Å²) in [6, 6.07) is 19.4. The van der Waals surface area contributed by atoms with Gasteiger partial charge in [-0.25, -0.2) is 0 Å². The summed E-state index contributed by atoms with van der Waals surface area (Å²) in [6.07, 6.45) is 2.12. The molecule has 2 aromatic rings. The Hall–Kier alpha value is -1.80. The van der Waals surface area contributed by atoms with Gasteiger partial charge < -0.3 is 10.1 Å². The van der Waals surface area contributed by atoms with Gasteiger partial charge in [-0.3, -0.25) is 0 Å². The number of para-hydroxylation sites is 1. The molecule has 1 aliphatic rings. The lowest BCUT2D eigenvalue weighted by molar-refractivity contribution is 0.253. The molecular weight excluding hydrogens is 234 g/mol. The van der Waals surface area contributed by atoms with Crippen molar-refractivity contribution in [3.05, 3.63) is 65.7 Å². The molecule has 19 heavy (non-hydrogen) atoms. The third-order valence-electron chi connectivity index (χ3n) is 3.61. The zero-order valence-electron chi connectivity index (χ0n) is 11.0. The number of hydrogen-bond donors (Lipinski definition) is 1. The number of ether oxygens (including phenoxy) is 1. The first-order chi connectivity index (χ1) is 9.43. The Morgan fingerprint density at radius 1 is 1.00 bits per heavy atom. The van der Waals surface area contributed by atoms with Gasteiger partial charge in [-0.15, -0.1) is 0 Å². The quantitative estimate of drug-likeness (QED) is 0.902. The molecule has 1 atom stereocenters. The van der Waals surface area contributed by atoms with Crippen molar-refractivity contribution < 1.29 is 4.74 Å². The van der Waals surface area contributed by atoms with Gasteiger partial charge in [0.2, 0.25) is 0 Å². The van der Waals surface area contributed by atoms with Gasteiger partial charge in [-0.2, -0.15) is 0 Å². The highest BCUT2D eigenvalue weighted by molar-refractivity contribution is 5.37. The number of fused-ring (bicyclic) bond motifs is 1. The van der Waals surface area contributed by atoms with Crippen LogP contribution in [0.5, 0.6) is 5.75 Å². The minimum Gasteiger partial charge on any atom is -0.493 e. The number of rotatable bonds is 4. The second-order valence-corrected chi connectivity index (χ2v) is 4.92. The van der Waals surface area contributed by atoms with E-state index in [-0.39, 0.29) is 0 Å². The van der Waals surface area contributed by atoms with Crippen molar-refractivity contribution in [2.75, 3.05) is 13.2 Å². The Morgan fingerprint density at radius 2 is 1.79 bits per heavy atom. The zero-order valence-corrected chi connectivity index (χ0v) is 11.0. The lowest BCUT2D eigenvalue weighted by Crippen LogP contribution is -2.28. The summed E-state index contributed by atoms with van der Waals surface area (Å²) in [6.45, 7) is 1.81. The lowest BCUT2D eigenvalue weighted by Gasteiger charge is -2.26. The highest BCUT2D eigenvalue weighted by Gasteiger charge is 2.19. The van der Waals surface area contributed by atoms with Crippen molar-refractivity contribution in [3.63, 3.8) is 0 Å². The van der Waals surface area contributed by atoms with E-state index < -0.39 is 0 Å². The first-order valence-electron chi connectivity index (χ1n) is 6.92. The normalized spacial score (nSPS) is 17.6. The van der Waals surface area contributed by atoms with Crippen LogP contribution in [0, 0.1) is 0 Å². The molecule has 0 saturated carbocycles. The third kappa shape index (κ3) is 2.96. The van der Waals surface area contributed by atoms with Crippen molar-refractivity contribution in [3.8, 4) is 5.75 Å². The monoisotopic (exact) mass is 253 g/mol. The molecule has 2 nitrogen and oxygen atoms in total. The largest absolute Gasteiger partial charge is 0.493 e. The second kappa shape index (κ2) is 5.89. The first kappa shape index (κ1) is 12.2. The molecule has 0 amide bonds. The van der Waals surface area contributed by atoms with Gasteiger partial charge >= 0.3 is 0 Å². The molecule has 1 unspecified atom stereocenters. The summed E-state index contributed by atoms with van der Waals surface area (Å²) >= 11 is 0. The molecule has 0 spiro atoms. The van der Waals surface area contributed by atoms with Crippen LogP contribution < -0.4 is 10.1 Å². The van der Waals surface area contributed by atoms with Gasteiger partial charge in [0.05, 0.1) is 6.61 Å². The maximum Gasteiger partial charge on any atom is 0.124 e. The van der Waals surface area contributed by atoms with E-state index in [4.69, 9.17) is 4.74 Å². The smallest absolute Gasteiger partial charge is 0.124 e. The topological polar surface area (TPSA) is 21.3 Å². The molecule has 98 valence electrons. The lowest BCUT2D eigenvalue weighted by atomic mass is 10.0. The molecule has 0 saturated heterocycles.